The van der Waals surface area contributed by atoms with E-state index in [4.69, 9.17) is 20.0 Å². The first kappa shape index (κ1) is 26.9. The predicted molar refractivity (Wildman–Crippen MR) is 130 cm³/mol. The van der Waals surface area contributed by atoms with Crippen LogP contribution in [0.5, 0.6) is 0 Å². The molecule has 5 heteroatoms. The van der Waals surface area contributed by atoms with Gasteiger partial charge in [-0.05, 0) is 49.6 Å². The van der Waals surface area contributed by atoms with Crippen LogP contribution < -0.4 is 0 Å². The monoisotopic (exact) mass is 440 g/mol. The molecule has 0 aromatic rings. The van der Waals surface area contributed by atoms with E-state index in [9.17, 15) is 0 Å². The van der Waals surface area contributed by atoms with E-state index in [0.717, 1.165) is 31.0 Å². The molecular formula is C24H48O3Si2. The third-order valence-electron chi connectivity index (χ3n) is 7.73. The third-order valence-corrected chi connectivity index (χ3v) is 17.2. The summed E-state index contributed by atoms with van der Waals surface area (Å²) < 4.78 is 19.7. The normalized spacial score (nSPS) is 23.9. The lowest BCUT2D eigenvalue weighted by Crippen LogP contribution is -2.46. The Morgan fingerprint density at radius 3 is 1.79 bits per heavy atom. The van der Waals surface area contributed by atoms with Crippen LogP contribution in [0, 0.1) is 18.3 Å². The highest BCUT2D eigenvalue weighted by atomic mass is 28.4. The predicted octanol–water partition coefficient (Wildman–Crippen LogP) is 6.99. The summed E-state index contributed by atoms with van der Waals surface area (Å²) in [6.07, 6.45) is 8.53. The Balaban J connectivity index is 2.80. The maximum atomic E-state index is 6.83. The lowest BCUT2D eigenvalue weighted by atomic mass is 9.92. The lowest BCUT2D eigenvalue weighted by molar-refractivity contribution is 0.107. The van der Waals surface area contributed by atoms with Crippen molar-refractivity contribution in [1.82, 2.24) is 0 Å². The van der Waals surface area contributed by atoms with Crippen molar-refractivity contribution in [3.05, 3.63) is 0 Å². The van der Waals surface area contributed by atoms with Crippen molar-refractivity contribution in [3.8, 4) is 12.3 Å². The Morgan fingerprint density at radius 2 is 1.41 bits per heavy atom. The minimum absolute atomic E-state index is 0.196. The molecular weight excluding hydrogens is 392 g/mol. The summed E-state index contributed by atoms with van der Waals surface area (Å²) in [6.45, 7) is 20.3. The van der Waals surface area contributed by atoms with Gasteiger partial charge in [0.1, 0.15) is 5.60 Å². The molecule has 0 spiro atoms. The van der Waals surface area contributed by atoms with Gasteiger partial charge in [0, 0.05) is 18.4 Å². The van der Waals surface area contributed by atoms with Gasteiger partial charge in [0.05, 0.1) is 12.2 Å². The van der Waals surface area contributed by atoms with Gasteiger partial charge >= 0.3 is 0 Å². The fourth-order valence-electron chi connectivity index (χ4n) is 4.84. The van der Waals surface area contributed by atoms with Crippen molar-refractivity contribution >= 4 is 16.6 Å². The molecule has 1 heterocycles. The zero-order valence-electron chi connectivity index (χ0n) is 20.8. The van der Waals surface area contributed by atoms with Crippen LogP contribution in [0.25, 0.3) is 0 Å². The first-order chi connectivity index (χ1) is 13.7. The maximum Gasteiger partial charge on any atom is 0.194 e. The fraction of sp³-hybridized carbons (Fsp3) is 0.917. The minimum atomic E-state index is -1.75. The van der Waals surface area contributed by atoms with E-state index in [1.54, 1.807) is 0 Å². The zero-order chi connectivity index (χ0) is 22.3. The highest BCUT2D eigenvalue weighted by molar-refractivity contribution is 6.74. The van der Waals surface area contributed by atoms with Crippen LogP contribution in [-0.4, -0.2) is 40.5 Å². The van der Waals surface area contributed by atoms with E-state index in [1.165, 1.54) is 18.1 Å². The van der Waals surface area contributed by atoms with E-state index < -0.39 is 22.2 Å². The van der Waals surface area contributed by atoms with Crippen molar-refractivity contribution in [2.45, 2.75) is 135 Å². The fourth-order valence-corrected chi connectivity index (χ4v) is 10.9. The number of hydrogen-bond acceptors (Lipinski definition) is 3. The Hall–Kier alpha value is -0.126. The molecule has 0 aromatic heterocycles. The molecule has 0 aliphatic carbocycles. The molecule has 0 amide bonds. The molecule has 1 fully saturated rings. The molecule has 5 atom stereocenters. The molecule has 0 aromatic carbocycles. The van der Waals surface area contributed by atoms with Gasteiger partial charge in [-0.2, -0.15) is 0 Å². The number of ether oxygens (including phenoxy) is 1. The number of terminal acetylenes is 1. The van der Waals surface area contributed by atoms with Gasteiger partial charge in [-0.15, -0.1) is 6.42 Å². The molecule has 170 valence electrons. The Labute approximate surface area is 183 Å². The second-order valence-corrected chi connectivity index (χ2v) is 18.6. The van der Waals surface area contributed by atoms with E-state index >= 15 is 0 Å². The molecule has 29 heavy (non-hydrogen) atoms. The molecule has 1 aliphatic rings. The first-order valence-electron chi connectivity index (χ1n) is 12.2. The van der Waals surface area contributed by atoms with Crippen molar-refractivity contribution in [1.29, 1.82) is 0 Å². The highest BCUT2D eigenvalue weighted by Gasteiger charge is 2.50. The van der Waals surface area contributed by atoms with Crippen LogP contribution in [0.1, 0.15) is 75.2 Å². The summed E-state index contributed by atoms with van der Waals surface area (Å²) in [7, 11) is -3.37. The molecule has 0 saturated carbocycles. The number of epoxide rings is 1. The zero-order valence-corrected chi connectivity index (χ0v) is 22.8. The SMILES string of the molecule is C#C[C@@](C)(C[C@H]1O[C@@H]1[C@H](C)[C@H](CC)O[Si](CC)(CC)CC)O[Si](CC)(CC)CC. The molecule has 1 saturated heterocycles. The lowest BCUT2D eigenvalue weighted by Gasteiger charge is -2.37. The van der Waals surface area contributed by atoms with Crippen LogP contribution in [0.4, 0.5) is 0 Å². The smallest absolute Gasteiger partial charge is 0.194 e. The first-order valence-corrected chi connectivity index (χ1v) is 17.2. The van der Waals surface area contributed by atoms with Gasteiger partial charge in [-0.3, -0.25) is 0 Å². The van der Waals surface area contributed by atoms with E-state index in [1.807, 2.05) is 0 Å². The van der Waals surface area contributed by atoms with Crippen LogP contribution in [0.2, 0.25) is 36.3 Å². The summed E-state index contributed by atoms with van der Waals surface area (Å²) in [5.74, 6) is 3.38. The standard InChI is InChI=1S/C24H48O3Si2/c1-11-21(26-28(13-3,14-4)15-5)20(9)23-22(25-23)19-24(10,12-2)27-29(16-6,17-7)18-8/h2,20-23H,11,13-19H2,1,3-10H3/t20-,21+,22-,23-,24+/m1/s1. The largest absolute Gasteiger partial charge is 0.414 e. The van der Waals surface area contributed by atoms with Crippen LogP contribution in [0.15, 0.2) is 0 Å². The van der Waals surface area contributed by atoms with Crippen molar-refractivity contribution in [3.63, 3.8) is 0 Å². The average molecular weight is 441 g/mol. The second kappa shape index (κ2) is 11.5. The van der Waals surface area contributed by atoms with Crippen LogP contribution in [-0.2, 0) is 13.6 Å². The quantitative estimate of drug-likeness (QED) is 0.156. The van der Waals surface area contributed by atoms with Crippen molar-refractivity contribution in [2.75, 3.05) is 0 Å². The van der Waals surface area contributed by atoms with Gasteiger partial charge in [-0.1, -0.05) is 61.3 Å². The molecule has 0 unspecified atom stereocenters. The number of hydrogen-bond donors (Lipinski definition) is 0. The van der Waals surface area contributed by atoms with Crippen molar-refractivity contribution < 1.29 is 13.6 Å². The highest BCUT2D eigenvalue weighted by Crippen LogP contribution is 2.41. The Bertz CT molecular complexity index is 508. The number of rotatable bonds is 15. The van der Waals surface area contributed by atoms with Gasteiger partial charge in [-0.25, -0.2) is 0 Å². The topological polar surface area (TPSA) is 31.0 Å². The van der Waals surface area contributed by atoms with E-state index in [2.05, 4.69) is 68.2 Å². The van der Waals surface area contributed by atoms with E-state index in [0.29, 0.717) is 5.92 Å². The third kappa shape index (κ3) is 6.67. The summed E-state index contributed by atoms with van der Waals surface area (Å²) in [6, 6.07) is 6.93. The minimum Gasteiger partial charge on any atom is -0.414 e. The molecule has 1 rings (SSSR count). The molecule has 0 bridgehead atoms. The average Bonchev–Trinajstić information content (AvgIpc) is 3.52. The van der Waals surface area contributed by atoms with Gasteiger partial charge in [0.2, 0.25) is 0 Å². The Kier molecular flexibility index (Phi) is 10.7. The summed E-state index contributed by atoms with van der Waals surface area (Å²) in [4.78, 5) is 0. The summed E-state index contributed by atoms with van der Waals surface area (Å²) >= 11 is 0. The molecule has 0 N–H and O–H groups in total. The molecule has 1 aliphatic heterocycles. The Morgan fingerprint density at radius 1 is 0.931 bits per heavy atom. The van der Waals surface area contributed by atoms with E-state index in [-0.39, 0.29) is 18.3 Å². The molecule has 0 radical (unpaired) electrons. The van der Waals surface area contributed by atoms with Crippen LogP contribution >= 0.6 is 0 Å². The second-order valence-electron chi connectivity index (χ2n) is 9.23. The van der Waals surface area contributed by atoms with Gasteiger partial charge < -0.3 is 13.6 Å². The maximum absolute atomic E-state index is 6.83. The molecule has 3 nitrogen and oxygen atoms in total. The van der Waals surface area contributed by atoms with Crippen molar-refractivity contribution in [2.24, 2.45) is 5.92 Å². The van der Waals surface area contributed by atoms with Crippen LogP contribution in [0.3, 0.4) is 0 Å². The van der Waals surface area contributed by atoms with Gasteiger partial charge in [0.25, 0.3) is 0 Å². The van der Waals surface area contributed by atoms with Gasteiger partial charge in [0.15, 0.2) is 16.6 Å². The summed E-state index contributed by atoms with van der Waals surface area (Å²) in [5, 5.41) is 0. The summed E-state index contributed by atoms with van der Waals surface area (Å²) in [5.41, 5.74) is -0.523.